The molecule has 1 aliphatic rings. The Morgan fingerprint density at radius 3 is 2.86 bits per heavy atom. The predicted octanol–water partition coefficient (Wildman–Crippen LogP) is 4.25. The maximum absolute atomic E-state index is 12.5. The summed E-state index contributed by atoms with van der Waals surface area (Å²) in [5.74, 6) is 1.26. The summed E-state index contributed by atoms with van der Waals surface area (Å²) in [5.41, 5.74) is 3.76. The van der Waals surface area contributed by atoms with Crippen LogP contribution >= 0.6 is 22.9 Å². The van der Waals surface area contributed by atoms with Gasteiger partial charge in [0.15, 0.2) is 0 Å². The van der Waals surface area contributed by atoms with Crippen molar-refractivity contribution in [3.63, 3.8) is 0 Å². The second-order valence-corrected chi connectivity index (χ2v) is 12.2. The molecule has 1 atom stereocenters. The van der Waals surface area contributed by atoms with Gasteiger partial charge in [-0.25, -0.2) is 16.3 Å². The summed E-state index contributed by atoms with van der Waals surface area (Å²) in [6, 6.07) is 12.8. The van der Waals surface area contributed by atoms with Crippen LogP contribution in [0.25, 0.3) is 22.8 Å². The van der Waals surface area contributed by atoms with Crippen LogP contribution in [0.5, 0.6) is 5.75 Å². The lowest BCUT2D eigenvalue weighted by Crippen LogP contribution is -2.32. The fourth-order valence-corrected chi connectivity index (χ4v) is 5.94. The highest BCUT2D eigenvalue weighted by Gasteiger charge is 2.29. The zero-order valence-corrected chi connectivity index (χ0v) is 22.6. The average molecular weight is 607 g/mol. The van der Waals surface area contributed by atoms with Gasteiger partial charge in [0.1, 0.15) is 11.8 Å². The molecule has 1 heterocycles. The molecule has 0 spiro atoms. The van der Waals surface area contributed by atoms with Gasteiger partial charge in [0, 0.05) is 46.6 Å². The molecule has 0 saturated heterocycles. The number of sulfonamides is 1. The van der Waals surface area contributed by atoms with Gasteiger partial charge in [-0.15, -0.1) is 0 Å². The van der Waals surface area contributed by atoms with E-state index in [0.717, 1.165) is 16.7 Å². The molecule has 0 bridgehead atoms. The third-order valence-electron chi connectivity index (χ3n) is 5.64. The van der Waals surface area contributed by atoms with Gasteiger partial charge in [-0.05, 0) is 63.1 Å². The molecule has 184 valence electrons. The molecule has 3 aromatic rings. The Kier molecular flexibility index (Phi) is 7.75. The van der Waals surface area contributed by atoms with E-state index in [1.165, 1.54) is 0 Å². The number of nitriles is 1. The predicted molar refractivity (Wildman–Crippen MR) is 140 cm³/mol. The van der Waals surface area contributed by atoms with Gasteiger partial charge < -0.3 is 9.26 Å². The summed E-state index contributed by atoms with van der Waals surface area (Å²) in [7, 11) is -1.58. The van der Waals surface area contributed by atoms with E-state index < -0.39 is 10.0 Å². The van der Waals surface area contributed by atoms with Crippen molar-refractivity contribution in [1.82, 2.24) is 18.0 Å². The molecule has 11 heteroatoms. The minimum atomic E-state index is -3.41. The third kappa shape index (κ3) is 6.00. The molecule has 0 fully saturated rings. The Bertz CT molecular complexity index is 1360. The van der Waals surface area contributed by atoms with E-state index in [4.69, 9.17) is 9.26 Å². The number of hydrogen-bond donors (Lipinski definition) is 1. The molecule has 1 unspecified atom stereocenters. The van der Waals surface area contributed by atoms with Gasteiger partial charge in [0.05, 0.1) is 17.4 Å². The van der Waals surface area contributed by atoms with Crippen LogP contribution in [0.4, 0.5) is 0 Å². The number of rotatable bonds is 9. The fourth-order valence-electron chi connectivity index (χ4n) is 4.07. The lowest BCUT2D eigenvalue weighted by atomic mass is 10.0. The zero-order chi connectivity index (χ0) is 25.2. The van der Waals surface area contributed by atoms with Crippen molar-refractivity contribution < 1.29 is 17.7 Å². The van der Waals surface area contributed by atoms with Crippen molar-refractivity contribution in [1.29, 1.82) is 5.26 Å². The molecule has 4 rings (SSSR count). The second kappa shape index (κ2) is 10.6. The minimum absolute atomic E-state index is 0.0395. The summed E-state index contributed by atoms with van der Waals surface area (Å²) < 4.78 is 40.9. The van der Waals surface area contributed by atoms with Crippen LogP contribution in [-0.4, -0.2) is 47.1 Å². The van der Waals surface area contributed by atoms with Crippen molar-refractivity contribution >= 4 is 32.9 Å². The number of nitrogens with zero attached hydrogens (tertiary/aromatic N) is 4. The van der Waals surface area contributed by atoms with Gasteiger partial charge in [0.25, 0.3) is 5.89 Å². The van der Waals surface area contributed by atoms with Crippen LogP contribution < -0.4 is 9.46 Å². The van der Waals surface area contributed by atoms with E-state index in [2.05, 4.69) is 43.8 Å². The first-order valence-corrected chi connectivity index (χ1v) is 13.8. The maximum Gasteiger partial charge on any atom is 0.258 e. The van der Waals surface area contributed by atoms with E-state index in [-0.39, 0.29) is 17.9 Å². The van der Waals surface area contributed by atoms with Crippen LogP contribution in [0.15, 0.2) is 40.9 Å². The third-order valence-corrected chi connectivity index (χ3v) is 7.48. The first kappa shape index (κ1) is 25.6. The minimum Gasteiger partial charge on any atom is -0.490 e. The normalized spacial score (nSPS) is 15.4. The van der Waals surface area contributed by atoms with Crippen LogP contribution in [0.2, 0.25) is 0 Å². The summed E-state index contributed by atoms with van der Waals surface area (Å²) in [5, 5.41) is 13.7. The molecule has 0 saturated carbocycles. The molecule has 1 aromatic heterocycles. The molecular weight excluding hydrogens is 581 g/mol. The van der Waals surface area contributed by atoms with E-state index in [1.807, 2.05) is 42.2 Å². The summed E-state index contributed by atoms with van der Waals surface area (Å²) in [6.45, 7) is 4.24. The second-order valence-electron chi connectivity index (χ2n) is 8.64. The molecule has 1 N–H and O–H groups in total. The van der Waals surface area contributed by atoms with Crippen molar-refractivity contribution in [2.75, 3.05) is 19.3 Å². The van der Waals surface area contributed by atoms with E-state index >= 15 is 0 Å². The highest BCUT2D eigenvalue weighted by Crippen LogP contribution is 2.38. The Hall–Kier alpha value is -2.53. The Balaban J connectivity index is 1.58. The number of fused-ring (bicyclic) bond motifs is 1. The largest absolute Gasteiger partial charge is 0.490 e. The number of benzene rings is 2. The highest BCUT2D eigenvalue weighted by atomic mass is 127. The zero-order valence-electron chi connectivity index (χ0n) is 19.7. The van der Waals surface area contributed by atoms with Gasteiger partial charge in [-0.3, -0.25) is 0 Å². The monoisotopic (exact) mass is 607 g/mol. The van der Waals surface area contributed by atoms with E-state index in [0.29, 0.717) is 48.0 Å². The van der Waals surface area contributed by atoms with Crippen molar-refractivity contribution in [3.8, 4) is 34.7 Å². The molecule has 0 radical (unpaired) electrons. The summed E-state index contributed by atoms with van der Waals surface area (Å²) >= 11 is 2.07. The lowest BCUT2D eigenvalue weighted by Gasteiger charge is -2.16. The molecule has 2 aromatic carbocycles. The molecular formula is C24H26IN5O4S. The standard InChI is InChI=1S/C24H26IN5O4S/c1-15(2)33-22-10-7-16(13-17(22)14-26)24-27-23(28-34-24)20-6-4-5-19-18(20)8-9-21(19)29-35(31,32)12-11-30(3)25/h4-7,10,13,15,21,29H,8-9,11-12H2,1-3H3. The topological polar surface area (TPSA) is 121 Å². The fraction of sp³-hybridized carbons (Fsp3) is 0.375. The van der Waals surface area contributed by atoms with Gasteiger partial charge in [-0.1, -0.05) is 23.4 Å². The molecule has 9 nitrogen and oxygen atoms in total. The first-order chi connectivity index (χ1) is 16.7. The van der Waals surface area contributed by atoms with Crippen LogP contribution in [0.1, 0.15) is 43.0 Å². The lowest BCUT2D eigenvalue weighted by molar-refractivity contribution is 0.241. The van der Waals surface area contributed by atoms with Crippen LogP contribution in [0, 0.1) is 11.3 Å². The van der Waals surface area contributed by atoms with Crippen molar-refractivity contribution in [2.45, 2.75) is 38.8 Å². The highest BCUT2D eigenvalue weighted by molar-refractivity contribution is 14.1. The van der Waals surface area contributed by atoms with Crippen LogP contribution in [0.3, 0.4) is 0 Å². The molecule has 0 aliphatic heterocycles. The Morgan fingerprint density at radius 1 is 1.34 bits per heavy atom. The number of hydrogen-bond acceptors (Lipinski definition) is 8. The van der Waals surface area contributed by atoms with Gasteiger partial charge in [0.2, 0.25) is 15.8 Å². The number of ether oxygens (including phenoxy) is 1. The van der Waals surface area contributed by atoms with Gasteiger partial charge >= 0.3 is 0 Å². The summed E-state index contributed by atoms with van der Waals surface area (Å²) in [4.78, 5) is 4.57. The van der Waals surface area contributed by atoms with Crippen molar-refractivity contribution in [3.05, 3.63) is 53.1 Å². The first-order valence-electron chi connectivity index (χ1n) is 11.2. The SMILES string of the molecule is CC(C)Oc1ccc(-c2nc(-c3cccc4c3CCC4NS(=O)(=O)CCN(C)I)no2)cc1C#N. The molecule has 1 aliphatic carbocycles. The van der Waals surface area contributed by atoms with Crippen LogP contribution in [-0.2, 0) is 16.4 Å². The molecule has 0 amide bonds. The van der Waals surface area contributed by atoms with Gasteiger partial charge in [-0.2, -0.15) is 10.2 Å². The van der Waals surface area contributed by atoms with E-state index in [1.54, 1.807) is 18.2 Å². The maximum atomic E-state index is 12.5. The van der Waals surface area contributed by atoms with Crippen molar-refractivity contribution in [2.24, 2.45) is 0 Å². The Labute approximate surface area is 219 Å². The quantitative estimate of drug-likeness (QED) is 0.283. The number of halogens is 1. The number of nitrogens with one attached hydrogen (secondary N) is 1. The summed E-state index contributed by atoms with van der Waals surface area (Å²) in [6.07, 6.45) is 1.32. The Morgan fingerprint density at radius 2 is 2.14 bits per heavy atom. The number of aromatic nitrogens is 2. The smallest absolute Gasteiger partial charge is 0.258 e. The molecule has 35 heavy (non-hydrogen) atoms. The van der Waals surface area contributed by atoms with E-state index in [9.17, 15) is 13.7 Å². The average Bonchev–Trinajstić information content (AvgIpc) is 3.45.